The molecule has 200 valence electrons. The molecule has 1 heterocycles. The molecule has 0 atom stereocenters. The minimum absolute atomic E-state index is 0.00633. The normalized spacial score (nSPS) is 18.1. The summed E-state index contributed by atoms with van der Waals surface area (Å²) >= 11 is 11.5. The van der Waals surface area contributed by atoms with E-state index >= 15 is 0 Å². The summed E-state index contributed by atoms with van der Waals surface area (Å²) in [6.07, 6.45) is 5.07. The molecule has 0 aliphatic heterocycles. The number of hydrogen-bond acceptors (Lipinski definition) is 7. The van der Waals surface area contributed by atoms with Crippen LogP contribution in [0.1, 0.15) is 32.1 Å². The van der Waals surface area contributed by atoms with Crippen LogP contribution in [0.25, 0.3) is 10.9 Å². The number of rotatable bonds is 11. The van der Waals surface area contributed by atoms with Gasteiger partial charge in [-0.1, -0.05) is 11.6 Å². The van der Waals surface area contributed by atoms with Gasteiger partial charge in [0.25, 0.3) is 0 Å². The maximum absolute atomic E-state index is 13.6. The highest BCUT2D eigenvalue weighted by molar-refractivity contribution is 7.89. The number of aromatic nitrogens is 2. The molecule has 0 radical (unpaired) electrons. The molecule has 4 rings (SSSR count). The number of fused-ring (bicyclic) bond motifs is 1. The topological polar surface area (TPSA) is 102 Å². The largest absolute Gasteiger partial charge is 0.493 e. The van der Waals surface area contributed by atoms with Crippen molar-refractivity contribution in [3.05, 3.63) is 47.5 Å². The smallest absolute Gasteiger partial charge is 0.211 e. The molecule has 1 saturated carbocycles. The van der Waals surface area contributed by atoms with Gasteiger partial charge < -0.3 is 14.8 Å². The molecule has 1 aromatic heterocycles. The van der Waals surface area contributed by atoms with Crippen molar-refractivity contribution in [2.45, 2.75) is 38.1 Å². The Bertz CT molecular complexity index is 1340. The molecule has 2 N–H and O–H groups in total. The van der Waals surface area contributed by atoms with E-state index in [4.69, 9.17) is 32.7 Å². The first-order chi connectivity index (χ1) is 17.8. The predicted molar refractivity (Wildman–Crippen MR) is 144 cm³/mol. The summed E-state index contributed by atoms with van der Waals surface area (Å²) in [6.45, 7) is 0.470. The Kier molecular flexibility index (Phi) is 9.28. The third kappa shape index (κ3) is 7.34. The summed E-state index contributed by atoms with van der Waals surface area (Å²) in [5, 5.41) is 3.87. The summed E-state index contributed by atoms with van der Waals surface area (Å²) in [7, 11) is -1.74. The molecular weight excluding hydrogens is 542 g/mol. The molecule has 12 heteroatoms. The van der Waals surface area contributed by atoms with E-state index in [1.165, 1.54) is 18.5 Å². The molecule has 0 spiro atoms. The number of methoxy groups -OCH3 is 1. The van der Waals surface area contributed by atoms with Crippen LogP contribution in [0.3, 0.4) is 0 Å². The van der Waals surface area contributed by atoms with E-state index in [9.17, 15) is 12.8 Å². The predicted octanol–water partition coefficient (Wildman–Crippen LogP) is 5.66. The number of benzene rings is 2. The lowest BCUT2D eigenvalue weighted by Crippen LogP contribution is -2.39. The average Bonchev–Trinajstić information content (AvgIpc) is 2.89. The summed E-state index contributed by atoms with van der Waals surface area (Å²) in [5.41, 5.74) is 1.23. The molecule has 37 heavy (non-hydrogen) atoms. The van der Waals surface area contributed by atoms with Crippen LogP contribution in [0.15, 0.2) is 36.7 Å². The summed E-state index contributed by atoms with van der Waals surface area (Å²) in [6, 6.07) is 7.88. The number of alkyl halides is 1. The fourth-order valence-electron chi connectivity index (χ4n) is 4.36. The lowest BCUT2D eigenvalue weighted by atomic mass is 9.87. The molecule has 1 fully saturated rings. The highest BCUT2D eigenvalue weighted by Gasteiger charge is 2.25. The number of sulfonamides is 1. The zero-order valence-corrected chi connectivity index (χ0v) is 22.7. The molecule has 0 unspecified atom stereocenters. The van der Waals surface area contributed by atoms with Crippen LogP contribution in [0.2, 0.25) is 5.02 Å². The molecule has 1 aliphatic carbocycles. The molecule has 0 bridgehead atoms. The second-order valence-corrected chi connectivity index (χ2v) is 11.7. The Balaban J connectivity index is 1.43. The number of halogens is 3. The second-order valence-electron chi connectivity index (χ2n) is 9.00. The quantitative estimate of drug-likeness (QED) is 0.287. The van der Waals surface area contributed by atoms with E-state index in [0.717, 1.165) is 25.7 Å². The van der Waals surface area contributed by atoms with E-state index in [1.807, 2.05) is 6.07 Å². The van der Waals surface area contributed by atoms with E-state index in [0.29, 0.717) is 52.8 Å². The summed E-state index contributed by atoms with van der Waals surface area (Å²) in [4.78, 5) is 8.67. The van der Waals surface area contributed by atoms with Gasteiger partial charge in [-0.2, -0.15) is 0 Å². The SMILES string of the molecule is COc1cc2ncnc(Nc3ccc(F)c(Cl)c3)c2cc1OCC1CCC(NS(=O)(=O)CCCCl)CC1. The van der Waals surface area contributed by atoms with Gasteiger partial charge in [-0.05, 0) is 62.3 Å². The first-order valence-electron chi connectivity index (χ1n) is 12.0. The van der Waals surface area contributed by atoms with Gasteiger partial charge in [-0.15, -0.1) is 11.6 Å². The Morgan fingerprint density at radius 3 is 2.59 bits per heavy atom. The molecule has 2 aromatic carbocycles. The van der Waals surface area contributed by atoms with Gasteiger partial charge in [-0.25, -0.2) is 27.5 Å². The second kappa shape index (κ2) is 12.4. The van der Waals surface area contributed by atoms with E-state index in [2.05, 4.69) is 20.0 Å². The van der Waals surface area contributed by atoms with E-state index in [1.54, 1.807) is 19.2 Å². The van der Waals surface area contributed by atoms with E-state index in [-0.39, 0.29) is 22.7 Å². The monoisotopic (exact) mass is 570 g/mol. The highest BCUT2D eigenvalue weighted by atomic mass is 35.5. The molecular formula is C25H29Cl2FN4O4S. The van der Waals surface area contributed by atoms with E-state index < -0.39 is 15.8 Å². The number of nitrogens with one attached hydrogen (secondary N) is 2. The number of nitrogens with zero attached hydrogens (tertiary/aromatic N) is 2. The van der Waals surface area contributed by atoms with Crippen molar-refractivity contribution in [2.75, 3.05) is 30.7 Å². The van der Waals surface area contributed by atoms with Crippen LogP contribution in [0, 0.1) is 11.7 Å². The van der Waals surface area contributed by atoms with Gasteiger partial charge in [0, 0.05) is 29.1 Å². The maximum Gasteiger partial charge on any atom is 0.211 e. The van der Waals surface area contributed by atoms with Crippen LogP contribution in [0.4, 0.5) is 15.9 Å². The van der Waals surface area contributed by atoms with Crippen LogP contribution in [0.5, 0.6) is 11.5 Å². The minimum atomic E-state index is -3.30. The zero-order chi connectivity index (χ0) is 26.4. The third-order valence-corrected chi connectivity index (χ3v) is 8.39. The molecule has 3 aromatic rings. The first kappa shape index (κ1) is 27.6. The number of anilines is 2. The van der Waals surface area contributed by atoms with Crippen molar-refractivity contribution in [3.63, 3.8) is 0 Å². The molecule has 0 saturated heterocycles. The van der Waals surface area contributed by atoms with Gasteiger partial charge in [0.15, 0.2) is 11.5 Å². The fraction of sp³-hybridized carbons (Fsp3) is 0.440. The van der Waals surface area contributed by atoms with Gasteiger partial charge >= 0.3 is 0 Å². The summed E-state index contributed by atoms with van der Waals surface area (Å²) < 4.78 is 52.4. The van der Waals surface area contributed by atoms with Crippen molar-refractivity contribution in [3.8, 4) is 11.5 Å². The highest BCUT2D eigenvalue weighted by Crippen LogP contribution is 2.36. The van der Waals surface area contributed by atoms with Crippen LogP contribution >= 0.6 is 23.2 Å². The van der Waals surface area contributed by atoms with Crippen molar-refractivity contribution in [1.29, 1.82) is 0 Å². The Morgan fingerprint density at radius 2 is 1.89 bits per heavy atom. The van der Waals surface area contributed by atoms with Crippen LogP contribution < -0.4 is 19.5 Å². The van der Waals surface area contributed by atoms with Crippen molar-refractivity contribution in [1.82, 2.24) is 14.7 Å². The van der Waals surface area contributed by atoms with Gasteiger partial charge in [0.2, 0.25) is 10.0 Å². The maximum atomic E-state index is 13.6. The summed E-state index contributed by atoms with van der Waals surface area (Å²) in [5.74, 6) is 1.77. The fourth-order valence-corrected chi connectivity index (χ4v) is 6.22. The standard InChI is InChI=1S/C25H29Cl2FN4O4S/c1-35-23-13-22-19(25(30-15-29-22)31-18-7-8-21(28)20(27)11-18)12-24(23)36-14-16-3-5-17(6-4-16)32-37(33,34)10-2-9-26/h7-8,11-13,15-17,32H,2-6,9-10,14H2,1H3,(H,29,30,31). The van der Waals surface area contributed by atoms with Crippen LogP contribution in [-0.2, 0) is 10.0 Å². The minimum Gasteiger partial charge on any atom is -0.493 e. The molecule has 1 aliphatic rings. The Labute approximate surface area is 225 Å². The third-order valence-electron chi connectivity index (χ3n) is 6.32. The van der Waals surface area contributed by atoms with Crippen molar-refractivity contribution in [2.24, 2.45) is 5.92 Å². The van der Waals surface area contributed by atoms with Gasteiger partial charge in [0.05, 0.1) is 30.0 Å². The average molecular weight is 572 g/mol. The number of hydrogen-bond donors (Lipinski definition) is 2. The Morgan fingerprint density at radius 1 is 1.11 bits per heavy atom. The van der Waals surface area contributed by atoms with Gasteiger partial charge in [-0.3, -0.25) is 0 Å². The first-order valence-corrected chi connectivity index (χ1v) is 14.6. The van der Waals surface area contributed by atoms with Gasteiger partial charge in [0.1, 0.15) is 18.0 Å². The van der Waals surface area contributed by atoms with Crippen LogP contribution in [-0.4, -0.2) is 49.8 Å². The lowest BCUT2D eigenvalue weighted by Gasteiger charge is -2.29. The zero-order valence-electron chi connectivity index (χ0n) is 20.3. The van der Waals surface area contributed by atoms with Crippen molar-refractivity contribution >= 4 is 55.6 Å². The lowest BCUT2D eigenvalue weighted by molar-refractivity contribution is 0.192. The number of ether oxygens (including phenoxy) is 2. The van der Waals surface area contributed by atoms with Crippen molar-refractivity contribution < 1.29 is 22.3 Å². The molecule has 0 amide bonds. The molecule has 8 nitrogen and oxygen atoms in total. The Hall–Kier alpha value is -2.40.